The molecule has 0 saturated heterocycles. The molecule has 0 saturated carbocycles. The van der Waals surface area contributed by atoms with E-state index in [0.29, 0.717) is 11.3 Å². The Hall–Kier alpha value is -4.93. The quantitative estimate of drug-likeness (QED) is 0.175. The van der Waals surface area contributed by atoms with Gasteiger partial charge in [-0.3, -0.25) is 10.1 Å². The summed E-state index contributed by atoms with van der Waals surface area (Å²) in [5.74, 6) is 0.187. The zero-order valence-electron chi connectivity index (χ0n) is 18.9. The minimum Gasteiger partial charge on any atom is -0.324 e. The van der Waals surface area contributed by atoms with Crippen molar-refractivity contribution in [3.8, 4) is 0 Å². The van der Waals surface area contributed by atoms with Crippen molar-refractivity contribution >= 4 is 41.1 Å². The van der Waals surface area contributed by atoms with Gasteiger partial charge in [0.2, 0.25) is 17.8 Å². The van der Waals surface area contributed by atoms with Crippen molar-refractivity contribution in [2.24, 2.45) is 5.10 Å². The van der Waals surface area contributed by atoms with Gasteiger partial charge in [0.05, 0.1) is 11.1 Å². The number of nitrogens with zero attached hydrogens (tertiary/aromatic N) is 5. The topological polar surface area (TPSA) is 130 Å². The summed E-state index contributed by atoms with van der Waals surface area (Å²) >= 11 is 0. The molecule has 35 heavy (non-hydrogen) atoms. The molecular weight excluding hydrogens is 451 g/mol. The van der Waals surface area contributed by atoms with Gasteiger partial charge in [-0.1, -0.05) is 18.2 Å². The number of aryl methyl sites for hydroxylation is 2. The fourth-order valence-electron chi connectivity index (χ4n) is 3.03. The Morgan fingerprint density at radius 1 is 0.857 bits per heavy atom. The Bertz CT molecular complexity index is 1390. The first-order valence-electron chi connectivity index (χ1n) is 10.5. The molecule has 0 aliphatic heterocycles. The molecule has 0 amide bonds. The first-order chi connectivity index (χ1) is 16.9. The Balaban J connectivity index is 1.60. The highest BCUT2D eigenvalue weighted by atomic mass is 19.1. The molecule has 4 aromatic rings. The fraction of sp³-hybridized carbons (Fsp3) is 0.0833. The average molecular weight is 472 g/mol. The largest absolute Gasteiger partial charge is 0.324 e. The molecule has 11 heteroatoms. The summed E-state index contributed by atoms with van der Waals surface area (Å²) in [6.07, 6.45) is 1.44. The zero-order chi connectivity index (χ0) is 24.8. The van der Waals surface area contributed by atoms with Crippen molar-refractivity contribution in [2.45, 2.75) is 13.8 Å². The number of nitrogens with one attached hydrogen (secondary N) is 3. The lowest BCUT2D eigenvalue weighted by Gasteiger charge is -2.11. The number of hydrogen-bond acceptors (Lipinski definition) is 9. The highest BCUT2D eigenvalue weighted by Crippen LogP contribution is 2.22. The zero-order valence-corrected chi connectivity index (χ0v) is 18.9. The van der Waals surface area contributed by atoms with Gasteiger partial charge in [0.15, 0.2) is 0 Å². The minimum absolute atomic E-state index is 0.0302. The van der Waals surface area contributed by atoms with E-state index in [4.69, 9.17) is 0 Å². The highest BCUT2D eigenvalue weighted by molar-refractivity contribution is 5.80. The van der Waals surface area contributed by atoms with Gasteiger partial charge < -0.3 is 10.6 Å². The third-order valence-electron chi connectivity index (χ3n) is 4.96. The lowest BCUT2D eigenvalue weighted by atomic mass is 10.1. The van der Waals surface area contributed by atoms with E-state index >= 15 is 0 Å². The molecule has 3 aromatic carbocycles. The molecule has 0 fully saturated rings. The van der Waals surface area contributed by atoms with Crippen LogP contribution < -0.4 is 16.1 Å². The molecule has 0 bridgehead atoms. The van der Waals surface area contributed by atoms with Gasteiger partial charge in [0, 0.05) is 23.5 Å². The van der Waals surface area contributed by atoms with Gasteiger partial charge in [-0.25, -0.2) is 9.82 Å². The maximum absolute atomic E-state index is 13.4. The fourth-order valence-corrected chi connectivity index (χ4v) is 3.03. The lowest BCUT2D eigenvalue weighted by molar-refractivity contribution is -0.384. The van der Waals surface area contributed by atoms with Crippen LogP contribution in [0.3, 0.4) is 0 Å². The molecule has 0 aliphatic carbocycles. The summed E-state index contributed by atoms with van der Waals surface area (Å²) in [4.78, 5) is 23.5. The van der Waals surface area contributed by atoms with Crippen LogP contribution in [0.15, 0.2) is 71.8 Å². The molecule has 0 unspecified atom stereocenters. The third-order valence-corrected chi connectivity index (χ3v) is 4.96. The predicted octanol–water partition coefficient (Wildman–Crippen LogP) is 5.47. The van der Waals surface area contributed by atoms with Gasteiger partial charge in [-0.15, -0.1) is 0 Å². The number of nitro benzene ring substituents is 1. The Morgan fingerprint density at radius 2 is 1.51 bits per heavy atom. The van der Waals surface area contributed by atoms with Gasteiger partial charge >= 0.3 is 0 Å². The number of anilines is 5. The van der Waals surface area contributed by atoms with E-state index in [1.54, 1.807) is 24.3 Å². The second kappa shape index (κ2) is 10.3. The van der Waals surface area contributed by atoms with Gasteiger partial charge in [0.1, 0.15) is 5.82 Å². The van der Waals surface area contributed by atoms with Crippen molar-refractivity contribution in [3.05, 3.63) is 99.4 Å². The SMILES string of the molecule is Cc1ccc(Nc2nc(N/N=C\c3cccc(F)c3)nc(Nc3ccc([N+](=O)[O-])cc3)n2)cc1C. The van der Waals surface area contributed by atoms with Crippen LogP contribution >= 0.6 is 0 Å². The second-order valence-electron chi connectivity index (χ2n) is 7.58. The smallest absolute Gasteiger partial charge is 0.269 e. The molecule has 0 atom stereocenters. The van der Waals surface area contributed by atoms with Crippen molar-refractivity contribution < 1.29 is 9.31 Å². The van der Waals surface area contributed by atoms with E-state index in [9.17, 15) is 14.5 Å². The second-order valence-corrected chi connectivity index (χ2v) is 7.58. The molecule has 0 aliphatic rings. The normalized spacial score (nSPS) is 10.8. The number of hydrazone groups is 1. The van der Waals surface area contributed by atoms with E-state index in [2.05, 4.69) is 36.1 Å². The average Bonchev–Trinajstić information content (AvgIpc) is 2.82. The van der Waals surface area contributed by atoms with Gasteiger partial charge in [-0.05, 0) is 66.9 Å². The molecule has 1 aromatic heterocycles. The number of aromatic nitrogens is 3. The predicted molar refractivity (Wildman–Crippen MR) is 133 cm³/mol. The summed E-state index contributed by atoms with van der Waals surface area (Å²) in [6, 6.07) is 17.7. The number of benzene rings is 3. The van der Waals surface area contributed by atoms with Gasteiger partial charge in [-0.2, -0.15) is 20.1 Å². The lowest BCUT2D eigenvalue weighted by Crippen LogP contribution is -2.07. The molecule has 0 radical (unpaired) electrons. The summed E-state index contributed by atoms with van der Waals surface area (Å²) in [6.45, 7) is 4.02. The molecular formula is C24H21FN8O2. The summed E-state index contributed by atoms with van der Waals surface area (Å²) < 4.78 is 13.4. The minimum atomic E-state index is -0.475. The number of rotatable bonds is 8. The summed E-state index contributed by atoms with van der Waals surface area (Å²) in [7, 11) is 0. The van der Waals surface area contributed by atoms with Crippen LogP contribution in [0.4, 0.5) is 39.3 Å². The van der Waals surface area contributed by atoms with E-state index in [-0.39, 0.29) is 29.3 Å². The van der Waals surface area contributed by atoms with Crippen LogP contribution in [-0.2, 0) is 0 Å². The maximum Gasteiger partial charge on any atom is 0.269 e. The van der Waals surface area contributed by atoms with Gasteiger partial charge in [0.25, 0.3) is 5.69 Å². The summed E-state index contributed by atoms with van der Waals surface area (Å²) in [5.41, 5.74) is 6.85. The van der Waals surface area contributed by atoms with Crippen molar-refractivity contribution in [1.82, 2.24) is 15.0 Å². The van der Waals surface area contributed by atoms with Crippen LogP contribution in [0, 0.1) is 29.8 Å². The van der Waals surface area contributed by atoms with Crippen molar-refractivity contribution in [1.29, 1.82) is 0 Å². The van der Waals surface area contributed by atoms with Crippen LogP contribution in [-0.4, -0.2) is 26.1 Å². The number of nitro groups is 1. The van der Waals surface area contributed by atoms with E-state index in [1.807, 2.05) is 32.0 Å². The summed E-state index contributed by atoms with van der Waals surface area (Å²) in [5, 5.41) is 21.1. The highest BCUT2D eigenvalue weighted by Gasteiger charge is 2.10. The first kappa shape index (κ1) is 23.2. The van der Waals surface area contributed by atoms with Crippen molar-refractivity contribution in [2.75, 3.05) is 16.1 Å². The third kappa shape index (κ3) is 6.32. The molecule has 3 N–H and O–H groups in total. The molecule has 1 heterocycles. The Morgan fingerprint density at radius 3 is 2.17 bits per heavy atom. The van der Waals surface area contributed by atoms with E-state index in [1.165, 1.54) is 30.5 Å². The maximum atomic E-state index is 13.4. The number of hydrogen-bond donors (Lipinski definition) is 3. The first-order valence-corrected chi connectivity index (χ1v) is 10.5. The standard InChI is InChI=1S/C24H21FN8O2/c1-15-6-7-20(12-16(15)2)28-23-29-22(27-19-8-10-21(11-9-19)33(34)35)30-24(31-23)32-26-14-17-4-3-5-18(25)13-17/h3-14H,1-2H3,(H3,27,28,29,30,31,32)/b26-14-. The Kier molecular flexibility index (Phi) is 6.86. The number of halogens is 1. The van der Waals surface area contributed by atoms with Crippen LogP contribution in [0.25, 0.3) is 0 Å². The molecule has 4 rings (SSSR count). The van der Waals surface area contributed by atoms with Crippen molar-refractivity contribution in [3.63, 3.8) is 0 Å². The monoisotopic (exact) mass is 472 g/mol. The van der Waals surface area contributed by atoms with Crippen LogP contribution in [0.2, 0.25) is 0 Å². The molecule has 0 spiro atoms. The number of non-ortho nitro benzene ring substituents is 1. The molecule has 176 valence electrons. The van der Waals surface area contributed by atoms with E-state index in [0.717, 1.165) is 16.8 Å². The molecule has 10 nitrogen and oxygen atoms in total. The van der Waals surface area contributed by atoms with E-state index < -0.39 is 4.92 Å². The Labute approximate surface area is 200 Å². The van der Waals surface area contributed by atoms with Crippen LogP contribution in [0.1, 0.15) is 16.7 Å². The van der Waals surface area contributed by atoms with Crippen LogP contribution in [0.5, 0.6) is 0 Å².